The number of nitrogens with one attached hydrogen (secondary N) is 1. The molecule has 0 atom stereocenters. The van der Waals surface area contributed by atoms with Gasteiger partial charge in [0.1, 0.15) is 0 Å². The van der Waals surface area contributed by atoms with Crippen molar-refractivity contribution in [1.82, 2.24) is 15.1 Å². The molecule has 0 spiro atoms. The average molecular weight is 317 g/mol. The molecule has 0 aliphatic heterocycles. The number of benzene rings is 2. The number of aryl methyl sites for hydroxylation is 1. The molecular weight excluding hydrogens is 298 g/mol. The monoisotopic (exact) mass is 317 g/mol. The van der Waals surface area contributed by atoms with Gasteiger partial charge in [0.2, 0.25) is 5.91 Å². The van der Waals surface area contributed by atoms with Crippen LogP contribution in [0.1, 0.15) is 5.56 Å². The van der Waals surface area contributed by atoms with Crippen LogP contribution in [0.25, 0.3) is 22.4 Å². The van der Waals surface area contributed by atoms with Crippen LogP contribution in [-0.4, -0.2) is 15.7 Å². The predicted molar refractivity (Wildman–Crippen MR) is 96.1 cm³/mol. The molecule has 0 aliphatic rings. The van der Waals surface area contributed by atoms with Gasteiger partial charge in [-0.25, -0.2) is 0 Å². The van der Waals surface area contributed by atoms with Gasteiger partial charge in [0.15, 0.2) is 0 Å². The van der Waals surface area contributed by atoms with Crippen molar-refractivity contribution >= 4 is 5.91 Å². The first-order chi connectivity index (χ1) is 11.7. The summed E-state index contributed by atoms with van der Waals surface area (Å²) in [7, 11) is 1.89. The zero-order chi connectivity index (χ0) is 16.9. The van der Waals surface area contributed by atoms with Crippen molar-refractivity contribution in [2.24, 2.45) is 7.05 Å². The number of carbonyl (C=O) groups is 1. The van der Waals surface area contributed by atoms with Crippen molar-refractivity contribution in [2.45, 2.75) is 6.54 Å². The quantitative estimate of drug-likeness (QED) is 0.731. The van der Waals surface area contributed by atoms with Crippen LogP contribution >= 0.6 is 0 Å². The van der Waals surface area contributed by atoms with Crippen LogP contribution < -0.4 is 5.32 Å². The van der Waals surface area contributed by atoms with E-state index in [0.29, 0.717) is 6.54 Å². The van der Waals surface area contributed by atoms with Gasteiger partial charge in [-0.05, 0) is 34.9 Å². The van der Waals surface area contributed by atoms with E-state index >= 15 is 0 Å². The highest BCUT2D eigenvalue weighted by atomic mass is 16.1. The maximum Gasteiger partial charge on any atom is 0.243 e. The first kappa shape index (κ1) is 15.7. The van der Waals surface area contributed by atoms with Gasteiger partial charge in [-0.1, -0.05) is 49.0 Å². The second-order valence-corrected chi connectivity index (χ2v) is 5.53. The Kier molecular flexibility index (Phi) is 4.57. The molecule has 0 saturated heterocycles. The first-order valence-electron chi connectivity index (χ1n) is 7.76. The van der Waals surface area contributed by atoms with Gasteiger partial charge in [0, 0.05) is 25.4 Å². The van der Waals surface area contributed by atoms with Crippen LogP contribution in [-0.2, 0) is 18.4 Å². The molecule has 3 aromatic rings. The Bertz CT molecular complexity index is 866. The van der Waals surface area contributed by atoms with Gasteiger partial charge in [0.05, 0.1) is 5.69 Å². The Balaban J connectivity index is 2.02. The second-order valence-electron chi connectivity index (χ2n) is 5.53. The molecule has 0 aliphatic carbocycles. The van der Waals surface area contributed by atoms with E-state index < -0.39 is 0 Å². The molecule has 0 unspecified atom stereocenters. The van der Waals surface area contributed by atoms with E-state index in [4.69, 9.17) is 0 Å². The van der Waals surface area contributed by atoms with Crippen molar-refractivity contribution in [3.63, 3.8) is 0 Å². The summed E-state index contributed by atoms with van der Waals surface area (Å²) in [6.45, 7) is 3.92. The Labute approximate surface area is 141 Å². The molecule has 3 rings (SSSR count). The number of rotatable bonds is 5. The van der Waals surface area contributed by atoms with E-state index in [1.165, 1.54) is 6.08 Å². The van der Waals surface area contributed by atoms with E-state index in [0.717, 1.165) is 27.9 Å². The third-order valence-electron chi connectivity index (χ3n) is 3.85. The van der Waals surface area contributed by atoms with Crippen LogP contribution in [0.2, 0.25) is 0 Å². The Morgan fingerprint density at radius 3 is 2.62 bits per heavy atom. The fraction of sp³-hybridized carbons (Fsp3) is 0.100. The number of hydrogen-bond acceptors (Lipinski definition) is 2. The lowest BCUT2D eigenvalue weighted by Gasteiger charge is -2.11. The normalized spacial score (nSPS) is 10.4. The van der Waals surface area contributed by atoms with Gasteiger partial charge in [-0.2, -0.15) is 5.10 Å². The molecule has 0 radical (unpaired) electrons. The number of nitrogens with zero attached hydrogens (tertiary/aromatic N) is 2. The van der Waals surface area contributed by atoms with E-state index in [1.54, 1.807) is 4.68 Å². The summed E-state index contributed by atoms with van der Waals surface area (Å²) in [5, 5.41) is 7.34. The molecule has 120 valence electrons. The zero-order valence-corrected chi connectivity index (χ0v) is 13.6. The second kappa shape index (κ2) is 6.96. The molecule has 2 aromatic carbocycles. The van der Waals surface area contributed by atoms with E-state index in [2.05, 4.69) is 41.3 Å². The molecule has 0 fully saturated rings. The third kappa shape index (κ3) is 3.43. The SMILES string of the molecule is C=CC(=O)NCc1ccc(-c2ccccc2)cc1-c1ccn(C)n1. The molecule has 4 heteroatoms. The minimum Gasteiger partial charge on any atom is -0.348 e. The van der Waals surface area contributed by atoms with Gasteiger partial charge < -0.3 is 5.32 Å². The van der Waals surface area contributed by atoms with Crippen LogP contribution in [0.5, 0.6) is 0 Å². The largest absolute Gasteiger partial charge is 0.348 e. The predicted octanol–water partition coefficient (Wildman–Crippen LogP) is 3.56. The van der Waals surface area contributed by atoms with Gasteiger partial charge in [-0.15, -0.1) is 0 Å². The van der Waals surface area contributed by atoms with Gasteiger partial charge >= 0.3 is 0 Å². The van der Waals surface area contributed by atoms with Gasteiger partial charge in [-0.3, -0.25) is 9.48 Å². The van der Waals surface area contributed by atoms with Gasteiger partial charge in [0.25, 0.3) is 0 Å². The van der Waals surface area contributed by atoms with Crippen molar-refractivity contribution in [3.8, 4) is 22.4 Å². The standard InChI is InChI=1S/C20H19N3O/c1-3-20(24)21-14-17-10-9-16(15-7-5-4-6-8-15)13-18(17)19-11-12-23(2)22-19/h3-13H,1,14H2,2H3,(H,21,24). The van der Waals surface area contributed by atoms with E-state index in [1.807, 2.05) is 43.6 Å². The molecule has 1 amide bonds. The summed E-state index contributed by atoms with van der Waals surface area (Å²) in [6, 6.07) is 18.4. The van der Waals surface area contributed by atoms with Crippen LogP contribution in [0, 0.1) is 0 Å². The summed E-state index contributed by atoms with van der Waals surface area (Å²) >= 11 is 0. The lowest BCUT2D eigenvalue weighted by molar-refractivity contribution is -0.116. The maximum atomic E-state index is 11.5. The van der Waals surface area contributed by atoms with Crippen molar-refractivity contribution < 1.29 is 4.79 Å². The van der Waals surface area contributed by atoms with E-state index in [-0.39, 0.29) is 5.91 Å². The molecule has 0 saturated carbocycles. The number of aromatic nitrogens is 2. The Morgan fingerprint density at radius 2 is 1.96 bits per heavy atom. The number of amides is 1. The molecular formula is C20H19N3O. The number of hydrogen-bond donors (Lipinski definition) is 1. The Morgan fingerprint density at radius 1 is 1.17 bits per heavy atom. The molecule has 1 N–H and O–H groups in total. The summed E-state index contributed by atoms with van der Waals surface area (Å²) in [4.78, 5) is 11.5. The average Bonchev–Trinajstić information content (AvgIpc) is 3.06. The first-order valence-corrected chi connectivity index (χ1v) is 7.76. The number of carbonyl (C=O) groups excluding carboxylic acids is 1. The van der Waals surface area contributed by atoms with Crippen molar-refractivity contribution in [3.05, 3.63) is 79.0 Å². The summed E-state index contributed by atoms with van der Waals surface area (Å²) < 4.78 is 1.77. The fourth-order valence-corrected chi connectivity index (χ4v) is 2.59. The highest BCUT2D eigenvalue weighted by molar-refractivity contribution is 5.87. The lowest BCUT2D eigenvalue weighted by atomic mass is 9.97. The van der Waals surface area contributed by atoms with Crippen molar-refractivity contribution in [1.29, 1.82) is 0 Å². The Hall–Kier alpha value is -3.14. The third-order valence-corrected chi connectivity index (χ3v) is 3.85. The maximum absolute atomic E-state index is 11.5. The van der Waals surface area contributed by atoms with Crippen molar-refractivity contribution in [2.75, 3.05) is 0 Å². The van der Waals surface area contributed by atoms with E-state index in [9.17, 15) is 4.79 Å². The summed E-state index contributed by atoms with van der Waals surface area (Å²) in [5.74, 6) is -0.186. The minimum atomic E-state index is -0.186. The fourth-order valence-electron chi connectivity index (χ4n) is 2.59. The topological polar surface area (TPSA) is 46.9 Å². The minimum absolute atomic E-state index is 0.186. The molecule has 1 heterocycles. The molecule has 0 bridgehead atoms. The molecule has 4 nitrogen and oxygen atoms in total. The zero-order valence-electron chi connectivity index (χ0n) is 13.6. The lowest BCUT2D eigenvalue weighted by Crippen LogP contribution is -2.20. The van der Waals surface area contributed by atoms with Crippen LogP contribution in [0.3, 0.4) is 0 Å². The van der Waals surface area contributed by atoms with Crippen LogP contribution in [0.4, 0.5) is 0 Å². The summed E-state index contributed by atoms with van der Waals surface area (Å²) in [5.41, 5.74) is 5.19. The highest BCUT2D eigenvalue weighted by Crippen LogP contribution is 2.28. The van der Waals surface area contributed by atoms with Crippen LogP contribution in [0.15, 0.2) is 73.4 Å². The molecule has 24 heavy (non-hydrogen) atoms. The smallest absolute Gasteiger partial charge is 0.243 e. The summed E-state index contributed by atoms with van der Waals surface area (Å²) in [6.07, 6.45) is 3.19. The highest BCUT2D eigenvalue weighted by Gasteiger charge is 2.10. The molecule has 1 aromatic heterocycles.